The van der Waals surface area contributed by atoms with Gasteiger partial charge in [0.1, 0.15) is 5.75 Å². The average Bonchev–Trinajstić information content (AvgIpc) is 3.17. The van der Waals surface area contributed by atoms with Crippen molar-refractivity contribution in [3.05, 3.63) is 100 Å². The van der Waals surface area contributed by atoms with Gasteiger partial charge in [0.15, 0.2) is 0 Å². The number of nitrogens with zero attached hydrogens (tertiary/aromatic N) is 2. The van der Waals surface area contributed by atoms with Gasteiger partial charge in [-0.3, -0.25) is 4.79 Å². The molecule has 0 saturated carbocycles. The summed E-state index contributed by atoms with van der Waals surface area (Å²) in [6.07, 6.45) is 4.69. The van der Waals surface area contributed by atoms with Crippen molar-refractivity contribution in [2.45, 2.75) is 19.9 Å². The molecular weight excluding hydrogens is 466 g/mol. The molecule has 4 aromatic rings. The molecule has 0 aliphatic heterocycles. The maximum Gasteiger partial charge on any atom is 0.271 e. The fourth-order valence-corrected chi connectivity index (χ4v) is 3.71. The molecule has 5 nitrogen and oxygen atoms in total. The molecule has 6 heteroatoms. The van der Waals surface area contributed by atoms with Gasteiger partial charge in [-0.25, -0.2) is 5.43 Å². The Kier molecular flexibility index (Phi) is 7.02. The maximum atomic E-state index is 12.4. The van der Waals surface area contributed by atoms with E-state index in [4.69, 9.17) is 4.74 Å². The van der Waals surface area contributed by atoms with Crippen LogP contribution >= 0.6 is 15.9 Å². The number of ether oxygens (including phenoxy) is 1. The Morgan fingerprint density at radius 2 is 1.81 bits per heavy atom. The molecule has 0 unspecified atom stereocenters. The minimum absolute atomic E-state index is 0.262. The molecule has 1 heterocycles. The number of nitrogens with one attached hydrogen (secondary N) is 1. The second-order valence-electron chi connectivity index (χ2n) is 7.43. The molecule has 4 rings (SSSR count). The zero-order valence-electron chi connectivity index (χ0n) is 17.8. The predicted octanol–water partition coefficient (Wildman–Crippen LogP) is 6.00. The summed E-state index contributed by atoms with van der Waals surface area (Å²) in [7, 11) is 0. The highest BCUT2D eigenvalue weighted by atomic mass is 79.9. The molecule has 0 spiro atoms. The third-order valence-electron chi connectivity index (χ3n) is 5.04. The molecule has 1 aromatic heterocycles. The zero-order valence-corrected chi connectivity index (χ0v) is 19.4. The van der Waals surface area contributed by atoms with Crippen LogP contribution in [0, 0.1) is 0 Å². The van der Waals surface area contributed by atoms with Crippen LogP contribution in [-0.4, -0.2) is 23.3 Å². The standard InChI is InChI=1S/C26H24BrN3O2/c1-2-15-32-23-13-9-20(10-14-23)26(31)29-28-16-21-18-30(25-6-4-3-5-24(21)25)17-19-7-11-22(27)12-8-19/h3-14,16,18H,2,15,17H2,1H3,(H,29,31)/b28-16-. The number of halogens is 1. The van der Waals surface area contributed by atoms with Crippen LogP contribution in [0.1, 0.15) is 34.8 Å². The van der Waals surface area contributed by atoms with Crippen LogP contribution in [-0.2, 0) is 6.54 Å². The number of hydrazone groups is 1. The van der Waals surface area contributed by atoms with Gasteiger partial charge in [0.25, 0.3) is 5.91 Å². The van der Waals surface area contributed by atoms with Gasteiger partial charge in [0.05, 0.1) is 12.8 Å². The molecule has 3 aromatic carbocycles. The Hall–Kier alpha value is -3.38. The normalized spacial score (nSPS) is 11.2. The smallest absolute Gasteiger partial charge is 0.271 e. The first kappa shape index (κ1) is 21.8. The summed E-state index contributed by atoms with van der Waals surface area (Å²) in [6.45, 7) is 3.46. The van der Waals surface area contributed by atoms with Gasteiger partial charge in [-0.2, -0.15) is 5.10 Å². The highest BCUT2D eigenvalue weighted by Gasteiger charge is 2.08. The van der Waals surface area contributed by atoms with Crippen LogP contribution in [0.5, 0.6) is 5.75 Å². The molecule has 0 aliphatic carbocycles. The van der Waals surface area contributed by atoms with Gasteiger partial charge in [-0.05, 0) is 54.4 Å². The Bertz CT molecular complexity index is 1230. The molecule has 162 valence electrons. The molecule has 1 N–H and O–H groups in total. The number of aromatic nitrogens is 1. The van der Waals surface area contributed by atoms with Crippen LogP contribution < -0.4 is 10.2 Å². The number of benzene rings is 3. The lowest BCUT2D eigenvalue weighted by molar-refractivity contribution is 0.0955. The van der Waals surface area contributed by atoms with E-state index < -0.39 is 0 Å². The van der Waals surface area contributed by atoms with Crippen molar-refractivity contribution in [3.63, 3.8) is 0 Å². The quantitative estimate of drug-likeness (QED) is 0.243. The summed E-state index contributed by atoms with van der Waals surface area (Å²) >= 11 is 3.48. The maximum absolute atomic E-state index is 12.4. The first-order valence-corrected chi connectivity index (χ1v) is 11.3. The minimum atomic E-state index is -0.262. The van der Waals surface area contributed by atoms with E-state index in [1.165, 1.54) is 5.56 Å². The molecule has 1 amide bonds. The van der Waals surface area contributed by atoms with Crippen LogP contribution in [0.15, 0.2) is 88.6 Å². The van der Waals surface area contributed by atoms with Crippen LogP contribution in [0.3, 0.4) is 0 Å². The van der Waals surface area contributed by atoms with Gasteiger partial charge >= 0.3 is 0 Å². The van der Waals surface area contributed by atoms with E-state index in [1.54, 1.807) is 30.5 Å². The molecule has 0 aliphatic rings. The molecule has 0 atom stereocenters. The summed E-state index contributed by atoms with van der Waals surface area (Å²) in [6, 6.07) is 23.5. The number of rotatable bonds is 8. The number of amides is 1. The zero-order chi connectivity index (χ0) is 22.3. The van der Waals surface area contributed by atoms with E-state index in [2.05, 4.69) is 68.4 Å². The number of carbonyl (C=O) groups excluding carboxylic acids is 1. The molecule has 0 bridgehead atoms. The Morgan fingerprint density at radius 3 is 2.56 bits per heavy atom. The lowest BCUT2D eigenvalue weighted by Gasteiger charge is -2.05. The first-order valence-electron chi connectivity index (χ1n) is 10.5. The van der Waals surface area contributed by atoms with E-state index in [0.717, 1.165) is 39.7 Å². The van der Waals surface area contributed by atoms with Gasteiger partial charge < -0.3 is 9.30 Å². The second-order valence-corrected chi connectivity index (χ2v) is 8.34. The van der Waals surface area contributed by atoms with E-state index >= 15 is 0 Å². The van der Waals surface area contributed by atoms with Crippen molar-refractivity contribution in [3.8, 4) is 5.75 Å². The third-order valence-corrected chi connectivity index (χ3v) is 5.57. The van der Waals surface area contributed by atoms with E-state index in [0.29, 0.717) is 12.2 Å². The first-order chi connectivity index (χ1) is 15.6. The van der Waals surface area contributed by atoms with E-state index in [9.17, 15) is 4.79 Å². The largest absolute Gasteiger partial charge is 0.494 e. The lowest BCUT2D eigenvalue weighted by atomic mass is 10.2. The Balaban J connectivity index is 1.47. The van der Waals surface area contributed by atoms with Gasteiger partial charge in [-0.15, -0.1) is 0 Å². The van der Waals surface area contributed by atoms with Crippen molar-refractivity contribution >= 4 is 39.0 Å². The second kappa shape index (κ2) is 10.3. The summed E-state index contributed by atoms with van der Waals surface area (Å²) in [5.74, 6) is 0.493. The van der Waals surface area contributed by atoms with Crippen LogP contribution in [0.25, 0.3) is 10.9 Å². The minimum Gasteiger partial charge on any atom is -0.494 e. The molecule has 0 saturated heterocycles. The van der Waals surface area contributed by atoms with Crippen LogP contribution in [0.4, 0.5) is 0 Å². The lowest BCUT2D eigenvalue weighted by Crippen LogP contribution is -2.17. The highest BCUT2D eigenvalue weighted by molar-refractivity contribution is 9.10. The third kappa shape index (κ3) is 5.26. The van der Waals surface area contributed by atoms with Gasteiger partial charge in [0, 0.05) is 39.2 Å². The molecule has 0 fully saturated rings. The Labute approximate surface area is 195 Å². The number of para-hydroxylation sites is 1. The number of hydrogen-bond acceptors (Lipinski definition) is 3. The van der Waals surface area contributed by atoms with E-state index in [-0.39, 0.29) is 5.91 Å². The van der Waals surface area contributed by atoms with Crippen LogP contribution in [0.2, 0.25) is 0 Å². The van der Waals surface area contributed by atoms with E-state index in [1.807, 2.05) is 24.3 Å². The predicted molar refractivity (Wildman–Crippen MR) is 132 cm³/mol. The van der Waals surface area contributed by atoms with Crippen molar-refractivity contribution in [2.24, 2.45) is 5.10 Å². The van der Waals surface area contributed by atoms with Crippen molar-refractivity contribution in [1.82, 2.24) is 9.99 Å². The molecule has 0 radical (unpaired) electrons. The van der Waals surface area contributed by atoms with Gasteiger partial charge in [0.2, 0.25) is 0 Å². The number of carbonyl (C=O) groups is 1. The average molecular weight is 490 g/mol. The SMILES string of the molecule is CCCOc1ccc(C(=O)N/N=C\c2cn(Cc3ccc(Br)cc3)c3ccccc23)cc1. The topological polar surface area (TPSA) is 55.6 Å². The fourth-order valence-electron chi connectivity index (χ4n) is 3.44. The number of hydrogen-bond donors (Lipinski definition) is 1. The highest BCUT2D eigenvalue weighted by Crippen LogP contribution is 2.22. The Morgan fingerprint density at radius 1 is 1.06 bits per heavy atom. The summed E-state index contributed by atoms with van der Waals surface area (Å²) in [4.78, 5) is 12.4. The molecular formula is C26H24BrN3O2. The number of fused-ring (bicyclic) bond motifs is 1. The molecule has 32 heavy (non-hydrogen) atoms. The summed E-state index contributed by atoms with van der Waals surface area (Å²) in [5, 5.41) is 5.28. The van der Waals surface area contributed by atoms with Crippen molar-refractivity contribution < 1.29 is 9.53 Å². The van der Waals surface area contributed by atoms with Crippen molar-refractivity contribution in [1.29, 1.82) is 0 Å². The summed E-state index contributed by atoms with van der Waals surface area (Å²) < 4.78 is 8.81. The fraction of sp³-hybridized carbons (Fsp3) is 0.154. The van der Waals surface area contributed by atoms with Gasteiger partial charge in [-0.1, -0.05) is 53.2 Å². The summed E-state index contributed by atoms with van der Waals surface area (Å²) in [5.41, 5.74) is 6.41. The monoisotopic (exact) mass is 489 g/mol. The van der Waals surface area contributed by atoms with Crippen molar-refractivity contribution in [2.75, 3.05) is 6.61 Å².